The predicted molar refractivity (Wildman–Crippen MR) is 130 cm³/mol. The van der Waals surface area contributed by atoms with Crippen LogP contribution in [-0.2, 0) is 11.3 Å². The summed E-state index contributed by atoms with van der Waals surface area (Å²) < 4.78 is 5.77. The van der Waals surface area contributed by atoms with Gasteiger partial charge in [-0.05, 0) is 105 Å². The van der Waals surface area contributed by atoms with Crippen molar-refractivity contribution in [2.24, 2.45) is 17.8 Å². The van der Waals surface area contributed by atoms with E-state index < -0.39 is 0 Å². The molecular formula is C29H44O. The van der Waals surface area contributed by atoms with E-state index in [0.717, 1.165) is 49.7 Å². The van der Waals surface area contributed by atoms with Crippen LogP contribution in [0.15, 0.2) is 49.1 Å². The van der Waals surface area contributed by atoms with E-state index in [1.54, 1.807) is 5.56 Å². The highest BCUT2D eigenvalue weighted by Gasteiger charge is 2.30. The van der Waals surface area contributed by atoms with Crippen LogP contribution in [0.25, 0.3) is 0 Å². The van der Waals surface area contributed by atoms with Gasteiger partial charge in [-0.2, -0.15) is 0 Å². The van der Waals surface area contributed by atoms with Crippen LogP contribution in [0.2, 0.25) is 0 Å². The van der Waals surface area contributed by atoms with Crippen molar-refractivity contribution in [1.82, 2.24) is 0 Å². The summed E-state index contributed by atoms with van der Waals surface area (Å²) in [6.07, 6.45) is 23.0. The number of rotatable bonds is 11. The van der Waals surface area contributed by atoms with Gasteiger partial charge in [-0.3, -0.25) is 0 Å². The highest BCUT2D eigenvalue weighted by Crippen LogP contribution is 2.44. The third-order valence-electron chi connectivity index (χ3n) is 7.54. The number of hydrogen-bond acceptors (Lipinski definition) is 1. The first-order chi connectivity index (χ1) is 14.8. The molecule has 0 atom stereocenters. The maximum Gasteiger partial charge on any atom is 0.0716 e. The molecule has 0 radical (unpaired) electrons. The van der Waals surface area contributed by atoms with Crippen LogP contribution in [-0.4, -0.2) is 6.61 Å². The van der Waals surface area contributed by atoms with Crippen LogP contribution in [0, 0.1) is 17.8 Å². The SMILES string of the molecule is C=CCCCOCc1ccc([C@H]2CC[C@H]([C@H]3CC[C@H](C=CCCC)CC3)CC2)cc1. The number of unbranched alkanes of at least 4 members (excludes halogenated alkanes) is 2. The van der Waals surface area contributed by atoms with Gasteiger partial charge >= 0.3 is 0 Å². The lowest BCUT2D eigenvalue weighted by Gasteiger charge is -2.37. The second-order valence-corrected chi connectivity index (χ2v) is 9.73. The smallest absolute Gasteiger partial charge is 0.0716 e. The van der Waals surface area contributed by atoms with Gasteiger partial charge in [-0.25, -0.2) is 0 Å². The van der Waals surface area contributed by atoms with Crippen molar-refractivity contribution in [3.63, 3.8) is 0 Å². The first-order valence-electron chi connectivity index (χ1n) is 12.7. The van der Waals surface area contributed by atoms with Crippen LogP contribution in [0.3, 0.4) is 0 Å². The fraction of sp³-hybridized carbons (Fsp3) is 0.655. The Kier molecular flexibility index (Phi) is 10.2. The monoisotopic (exact) mass is 408 g/mol. The van der Waals surface area contributed by atoms with E-state index >= 15 is 0 Å². The molecule has 30 heavy (non-hydrogen) atoms. The average Bonchev–Trinajstić information content (AvgIpc) is 2.80. The number of allylic oxidation sites excluding steroid dienone is 3. The van der Waals surface area contributed by atoms with E-state index in [-0.39, 0.29) is 0 Å². The molecule has 0 spiro atoms. The molecule has 1 aromatic rings. The molecule has 1 aromatic carbocycles. The third-order valence-corrected chi connectivity index (χ3v) is 7.54. The maximum absolute atomic E-state index is 5.77. The Morgan fingerprint density at radius 1 is 0.900 bits per heavy atom. The Bertz CT molecular complexity index is 612. The van der Waals surface area contributed by atoms with Crippen LogP contribution in [0.5, 0.6) is 0 Å². The quantitative estimate of drug-likeness (QED) is 0.263. The molecule has 2 saturated carbocycles. The summed E-state index contributed by atoms with van der Waals surface area (Å²) in [6.45, 7) is 7.59. The van der Waals surface area contributed by atoms with Gasteiger partial charge in [0.1, 0.15) is 0 Å². The third kappa shape index (κ3) is 7.41. The van der Waals surface area contributed by atoms with E-state index in [2.05, 4.69) is 49.9 Å². The molecule has 0 N–H and O–H groups in total. The van der Waals surface area contributed by atoms with E-state index in [9.17, 15) is 0 Å². The van der Waals surface area contributed by atoms with Crippen molar-refractivity contribution >= 4 is 0 Å². The molecule has 3 rings (SSSR count). The van der Waals surface area contributed by atoms with Gasteiger partial charge in [0.05, 0.1) is 6.61 Å². The minimum Gasteiger partial charge on any atom is -0.377 e. The number of hydrogen-bond donors (Lipinski definition) is 0. The normalized spacial score (nSPS) is 27.4. The van der Waals surface area contributed by atoms with Gasteiger partial charge < -0.3 is 4.74 Å². The summed E-state index contributed by atoms with van der Waals surface area (Å²) in [5.74, 6) is 3.64. The van der Waals surface area contributed by atoms with Crippen LogP contribution >= 0.6 is 0 Å². The number of benzene rings is 1. The molecule has 0 unspecified atom stereocenters. The molecule has 1 heteroatoms. The van der Waals surface area contributed by atoms with Crippen molar-refractivity contribution in [2.75, 3.05) is 6.61 Å². The molecule has 0 amide bonds. The molecule has 0 heterocycles. The molecule has 0 bridgehead atoms. The molecule has 166 valence electrons. The zero-order chi connectivity index (χ0) is 21.0. The lowest BCUT2D eigenvalue weighted by atomic mass is 9.68. The van der Waals surface area contributed by atoms with E-state index in [0.29, 0.717) is 0 Å². The van der Waals surface area contributed by atoms with Gasteiger partial charge in [0.2, 0.25) is 0 Å². The van der Waals surface area contributed by atoms with E-state index in [1.807, 2.05) is 6.08 Å². The Balaban J connectivity index is 1.36. The molecule has 1 nitrogen and oxygen atoms in total. The standard InChI is InChI=1S/C29H44O/c1-3-5-7-9-24-10-14-26(15-11-24)28-18-20-29(21-19-28)27-16-12-25(13-17-27)23-30-22-8-6-4-2/h4,7,9,12-13,16-17,24,26,28-29H,2-3,5-6,8,10-11,14-15,18-23H2,1H3/t24-,26-,28-,29-. The van der Waals surface area contributed by atoms with Crippen molar-refractivity contribution < 1.29 is 4.74 Å². The van der Waals surface area contributed by atoms with Crippen LogP contribution < -0.4 is 0 Å². The first-order valence-corrected chi connectivity index (χ1v) is 12.7. The minimum absolute atomic E-state index is 0.737. The van der Waals surface area contributed by atoms with Crippen molar-refractivity contribution in [3.05, 3.63) is 60.2 Å². The lowest BCUT2D eigenvalue weighted by Crippen LogP contribution is -2.25. The lowest BCUT2D eigenvalue weighted by molar-refractivity contribution is 0.119. The number of ether oxygens (including phenoxy) is 1. The fourth-order valence-electron chi connectivity index (χ4n) is 5.59. The van der Waals surface area contributed by atoms with E-state index in [4.69, 9.17) is 4.74 Å². The topological polar surface area (TPSA) is 9.23 Å². The molecule has 0 saturated heterocycles. The second kappa shape index (κ2) is 13.2. The second-order valence-electron chi connectivity index (χ2n) is 9.73. The molecule has 0 aliphatic heterocycles. The summed E-state index contributed by atoms with van der Waals surface area (Å²) >= 11 is 0. The largest absolute Gasteiger partial charge is 0.377 e. The van der Waals surface area contributed by atoms with Crippen LogP contribution in [0.1, 0.15) is 101 Å². The van der Waals surface area contributed by atoms with Gasteiger partial charge in [0, 0.05) is 6.61 Å². The average molecular weight is 409 g/mol. The Morgan fingerprint density at radius 2 is 1.57 bits per heavy atom. The molecule has 2 aliphatic carbocycles. The van der Waals surface area contributed by atoms with Crippen molar-refractivity contribution in [3.8, 4) is 0 Å². The zero-order valence-corrected chi connectivity index (χ0v) is 19.4. The molecule has 2 fully saturated rings. The molecule has 2 aliphatic rings. The van der Waals surface area contributed by atoms with Gasteiger partial charge in [-0.1, -0.05) is 55.8 Å². The van der Waals surface area contributed by atoms with Gasteiger partial charge in [-0.15, -0.1) is 6.58 Å². The molecular weight excluding hydrogens is 364 g/mol. The summed E-state index contributed by atoms with van der Waals surface area (Å²) in [6, 6.07) is 9.28. The van der Waals surface area contributed by atoms with Gasteiger partial charge in [0.25, 0.3) is 0 Å². The first kappa shape index (κ1) is 23.3. The Labute approximate surface area is 186 Å². The maximum atomic E-state index is 5.77. The summed E-state index contributed by atoms with van der Waals surface area (Å²) in [4.78, 5) is 0. The zero-order valence-electron chi connectivity index (χ0n) is 19.4. The fourth-order valence-corrected chi connectivity index (χ4v) is 5.59. The Hall–Kier alpha value is -1.34. The summed E-state index contributed by atoms with van der Waals surface area (Å²) in [5.41, 5.74) is 2.85. The minimum atomic E-state index is 0.737. The van der Waals surface area contributed by atoms with Crippen molar-refractivity contribution in [2.45, 2.75) is 96.5 Å². The van der Waals surface area contributed by atoms with Crippen molar-refractivity contribution in [1.29, 1.82) is 0 Å². The highest BCUT2D eigenvalue weighted by atomic mass is 16.5. The summed E-state index contributed by atoms with van der Waals surface area (Å²) in [7, 11) is 0. The molecule has 0 aromatic heterocycles. The predicted octanol–water partition coefficient (Wildman–Crippen LogP) is 8.61. The van der Waals surface area contributed by atoms with Crippen LogP contribution in [0.4, 0.5) is 0 Å². The van der Waals surface area contributed by atoms with E-state index in [1.165, 1.54) is 69.8 Å². The Morgan fingerprint density at radius 3 is 2.20 bits per heavy atom. The highest BCUT2D eigenvalue weighted by molar-refractivity contribution is 5.25. The summed E-state index contributed by atoms with van der Waals surface area (Å²) in [5, 5.41) is 0. The van der Waals surface area contributed by atoms with Gasteiger partial charge in [0.15, 0.2) is 0 Å².